The van der Waals surface area contributed by atoms with Gasteiger partial charge in [0.1, 0.15) is 6.23 Å². The molecule has 1 aliphatic heterocycles. The molecule has 1 fully saturated rings. The van der Waals surface area contributed by atoms with Crippen LogP contribution in [0, 0.1) is 0 Å². The highest BCUT2D eigenvalue weighted by Crippen LogP contribution is 1.95. The molecule has 0 spiro atoms. The Morgan fingerprint density at radius 3 is 3.00 bits per heavy atom. The van der Waals surface area contributed by atoms with E-state index in [2.05, 4.69) is 5.32 Å². The van der Waals surface area contributed by atoms with E-state index >= 15 is 0 Å². The Morgan fingerprint density at radius 2 is 2.71 bits per heavy atom. The Morgan fingerprint density at radius 1 is 1.86 bits per heavy atom. The fraction of sp³-hybridized carbons (Fsp3) is 1.00. The lowest BCUT2D eigenvalue weighted by molar-refractivity contribution is 0.119. The van der Waals surface area contributed by atoms with Crippen molar-refractivity contribution in [3.63, 3.8) is 0 Å². The molecule has 0 bridgehead atoms. The molecule has 0 aromatic rings. The Bertz CT molecular complexity index is 53.7. The van der Waals surface area contributed by atoms with Gasteiger partial charge >= 0.3 is 0 Å². The standard InChI is InChI=1S/C4H8ClNO/c5-3-4-6-1-2-7-4/h4,6H,1-3H2. The van der Waals surface area contributed by atoms with Crippen molar-refractivity contribution < 1.29 is 4.74 Å². The Balaban J connectivity index is 2.14. The van der Waals surface area contributed by atoms with Crippen LogP contribution in [0.3, 0.4) is 0 Å². The molecule has 1 rings (SSSR count). The van der Waals surface area contributed by atoms with Crippen molar-refractivity contribution in [2.75, 3.05) is 19.0 Å². The molecule has 7 heavy (non-hydrogen) atoms. The van der Waals surface area contributed by atoms with Crippen LogP contribution in [0.25, 0.3) is 0 Å². The van der Waals surface area contributed by atoms with Gasteiger partial charge in [0.05, 0.1) is 12.5 Å². The number of alkyl halides is 1. The molecule has 0 aromatic carbocycles. The summed E-state index contributed by atoms with van der Waals surface area (Å²) in [6, 6.07) is 0. The molecular formula is C4H8ClNO. The molecule has 0 saturated carbocycles. The van der Waals surface area contributed by atoms with Gasteiger partial charge in [-0.25, -0.2) is 0 Å². The van der Waals surface area contributed by atoms with Gasteiger partial charge in [0.2, 0.25) is 0 Å². The maximum Gasteiger partial charge on any atom is 0.121 e. The van der Waals surface area contributed by atoms with Crippen LogP contribution in [-0.2, 0) is 4.74 Å². The van der Waals surface area contributed by atoms with E-state index in [4.69, 9.17) is 16.3 Å². The van der Waals surface area contributed by atoms with Crippen LogP contribution in [0.2, 0.25) is 0 Å². The molecule has 2 nitrogen and oxygen atoms in total. The maximum atomic E-state index is 5.42. The van der Waals surface area contributed by atoms with Crippen LogP contribution >= 0.6 is 11.6 Å². The fourth-order valence-corrected chi connectivity index (χ4v) is 0.777. The first-order valence-corrected chi connectivity index (χ1v) is 2.88. The van der Waals surface area contributed by atoms with Gasteiger partial charge in [-0.2, -0.15) is 0 Å². The molecule has 1 saturated heterocycles. The van der Waals surface area contributed by atoms with E-state index in [0.717, 1.165) is 13.2 Å². The monoisotopic (exact) mass is 121 g/mol. The predicted molar refractivity (Wildman–Crippen MR) is 28.5 cm³/mol. The van der Waals surface area contributed by atoms with Gasteiger partial charge in [-0.3, -0.25) is 5.32 Å². The van der Waals surface area contributed by atoms with Crippen LogP contribution in [0.4, 0.5) is 0 Å². The SMILES string of the molecule is ClCC1NCCO1. The number of halogens is 1. The zero-order valence-corrected chi connectivity index (χ0v) is 4.74. The van der Waals surface area contributed by atoms with Gasteiger partial charge in [-0.15, -0.1) is 11.6 Å². The summed E-state index contributed by atoms with van der Waals surface area (Å²) in [5.74, 6) is 0.556. The van der Waals surface area contributed by atoms with E-state index in [1.165, 1.54) is 0 Å². The number of nitrogens with one attached hydrogen (secondary N) is 1. The van der Waals surface area contributed by atoms with Crippen molar-refractivity contribution in [3.05, 3.63) is 0 Å². The number of rotatable bonds is 1. The molecule has 1 heterocycles. The average Bonchev–Trinajstić information content (AvgIpc) is 2.14. The quantitative estimate of drug-likeness (QED) is 0.500. The van der Waals surface area contributed by atoms with Gasteiger partial charge in [-0.1, -0.05) is 0 Å². The third-order valence-electron chi connectivity index (χ3n) is 0.933. The van der Waals surface area contributed by atoms with E-state index in [0.29, 0.717) is 5.88 Å². The van der Waals surface area contributed by atoms with Crippen LogP contribution in [-0.4, -0.2) is 25.3 Å². The predicted octanol–water partition coefficient (Wildman–Crippen LogP) is 0.171. The molecule has 1 aliphatic rings. The summed E-state index contributed by atoms with van der Waals surface area (Å²) in [4.78, 5) is 0. The van der Waals surface area contributed by atoms with Crippen LogP contribution in [0.5, 0.6) is 0 Å². The summed E-state index contributed by atoms with van der Waals surface area (Å²) < 4.78 is 5.06. The summed E-state index contributed by atoms with van der Waals surface area (Å²) in [6.45, 7) is 1.74. The topological polar surface area (TPSA) is 21.3 Å². The van der Waals surface area contributed by atoms with Crippen molar-refractivity contribution in [2.45, 2.75) is 6.23 Å². The normalized spacial score (nSPS) is 31.3. The number of hydrogen-bond acceptors (Lipinski definition) is 2. The Labute approximate surface area is 47.8 Å². The molecular weight excluding hydrogens is 114 g/mol. The molecule has 3 heteroatoms. The van der Waals surface area contributed by atoms with E-state index < -0.39 is 0 Å². The van der Waals surface area contributed by atoms with Gasteiger partial charge < -0.3 is 4.74 Å². The molecule has 1 N–H and O–H groups in total. The van der Waals surface area contributed by atoms with Crippen molar-refractivity contribution in [1.82, 2.24) is 5.32 Å². The van der Waals surface area contributed by atoms with E-state index in [9.17, 15) is 0 Å². The highest BCUT2D eigenvalue weighted by molar-refractivity contribution is 6.18. The van der Waals surface area contributed by atoms with Gasteiger partial charge in [0, 0.05) is 6.54 Å². The third kappa shape index (κ3) is 1.30. The smallest absolute Gasteiger partial charge is 0.121 e. The summed E-state index contributed by atoms with van der Waals surface area (Å²) in [7, 11) is 0. The zero-order valence-electron chi connectivity index (χ0n) is 3.98. The second kappa shape index (κ2) is 2.50. The van der Waals surface area contributed by atoms with Crippen LogP contribution in [0.1, 0.15) is 0 Å². The van der Waals surface area contributed by atoms with E-state index in [-0.39, 0.29) is 6.23 Å². The molecule has 0 aliphatic carbocycles. The Hall–Kier alpha value is 0.210. The zero-order chi connectivity index (χ0) is 5.11. The first-order valence-electron chi connectivity index (χ1n) is 2.34. The van der Waals surface area contributed by atoms with Gasteiger partial charge in [0.15, 0.2) is 0 Å². The first kappa shape index (κ1) is 5.35. The lowest BCUT2D eigenvalue weighted by Gasteiger charge is -2.01. The lowest BCUT2D eigenvalue weighted by atomic mass is 10.6. The minimum Gasteiger partial charge on any atom is -0.361 e. The highest BCUT2D eigenvalue weighted by Gasteiger charge is 2.10. The third-order valence-corrected chi connectivity index (χ3v) is 1.21. The van der Waals surface area contributed by atoms with Crippen molar-refractivity contribution >= 4 is 11.6 Å². The fourth-order valence-electron chi connectivity index (χ4n) is 0.579. The van der Waals surface area contributed by atoms with Crippen LogP contribution < -0.4 is 5.32 Å². The van der Waals surface area contributed by atoms with Crippen molar-refractivity contribution in [3.8, 4) is 0 Å². The van der Waals surface area contributed by atoms with E-state index in [1.807, 2.05) is 0 Å². The van der Waals surface area contributed by atoms with Crippen LogP contribution in [0.15, 0.2) is 0 Å². The molecule has 0 amide bonds. The number of ether oxygens (including phenoxy) is 1. The summed E-state index contributed by atoms with van der Waals surface area (Å²) in [5, 5.41) is 3.05. The van der Waals surface area contributed by atoms with Crippen molar-refractivity contribution in [1.29, 1.82) is 0 Å². The second-order valence-corrected chi connectivity index (χ2v) is 1.78. The first-order chi connectivity index (χ1) is 3.43. The van der Waals surface area contributed by atoms with Gasteiger partial charge in [-0.05, 0) is 0 Å². The minimum atomic E-state index is 0.113. The molecule has 0 aromatic heterocycles. The average molecular weight is 122 g/mol. The van der Waals surface area contributed by atoms with E-state index in [1.54, 1.807) is 0 Å². The summed E-state index contributed by atoms with van der Waals surface area (Å²) in [6.07, 6.45) is 0.113. The number of hydrogen-bond donors (Lipinski definition) is 1. The minimum absolute atomic E-state index is 0.113. The Kier molecular flexibility index (Phi) is 1.91. The molecule has 42 valence electrons. The molecule has 1 atom stereocenters. The van der Waals surface area contributed by atoms with Crippen molar-refractivity contribution in [2.24, 2.45) is 0 Å². The molecule has 0 radical (unpaired) electrons. The molecule has 1 unspecified atom stereocenters. The second-order valence-electron chi connectivity index (χ2n) is 1.47. The lowest BCUT2D eigenvalue weighted by Crippen LogP contribution is -2.23. The highest BCUT2D eigenvalue weighted by atomic mass is 35.5. The maximum absolute atomic E-state index is 5.42. The van der Waals surface area contributed by atoms with Gasteiger partial charge in [0.25, 0.3) is 0 Å². The summed E-state index contributed by atoms with van der Waals surface area (Å²) in [5.41, 5.74) is 0. The largest absolute Gasteiger partial charge is 0.361 e. The summed E-state index contributed by atoms with van der Waals surface area (Å²) >= 11 is 5.42.